The van der Waals surface area contributed by atoms with E-state index in [1.165, 1.54) is 0 Å². The number of carbonyl (C=O) groups excluding carboxylic acids is 1. The third-order valence-electron chi connectivity index (χ3n) is 4.17. The minimum atomic E-state index is -4.24. The number of aliphatic carboxylic acids is 1. The van der Waals surface area contributed by atoms with E-state index in [0.29, 0.717) is 6.42 Å². The summed E-state index contributed by atoms with van der Waals surface area (Å²) in [5, 5.41) is 20.1. The molecule has 1 heterocycles. The Balaban J connectivity index is 2.52. The topological polar surface area (TPSA) is 144 Å². The summed E-state index contributed by atoms with van der Waals surface area (Å²) in [5.74, 6) is -3.20. The molecule has 0 aromatic heterocycles. The van der Waals surface area contributed by atoms with Gasteiger partial charge in [0.15, 0.2) is 0 Å². The number of hydrogen-bond donors (Lipinski definition) is 1. The van der Waals surface area contributed by atoms with Crippen LogP contribution in [0, 0.1) is 22.0 Å². The zero-order valence-electron chi connectivity index (χ0n) is 14.1. The summed E-state index contributed by atoms with van der Waals surface area (Å²) in [5.41, 5.74) is -0.924. The molecule has 1 saturated heterocycles. The van der Waals surface area contributed by atoms with Crippen molar-refractivity contribution in [3.8, 4) is 0 Å². The molecule has 2 atom stereocenters. The SMILES string of the molecule is COC(=O)c1cc([N+](=O)[O-])ccc1S(=O)(=O)N1CC(C)CC(C(=O)O)C1. The minimum Gasteiger partial charge on any atom is -0.481 e. The number of hydrogen-bond acceptors (Lipinski definition) is 7. The van der Waals surface area contributed by atoms with Crippen molar-refractivity contribution in [3.05, 3.63) is 33.9 Å². The zero-order chi connectivity index (χ0) is 19.6. The molecule has 1 aliphatic heterocycles. The van der Waals surface area contributed by atoms with Crippen molar-refractivity contribution in [3.63, 3.8) is 0 Å². The highest BCUT2D eigenvalue weighted by Gasteiger charge is 2.38. The van der Waals surface area contributed by atoms with Crippen LogP contribution in [0.4, 0.5) is 5.69 Å². The van der Waals surface area contributed by atoms with E-state index >= 15 is 0 Å². The number of methoxy groups -OCH3 is 1. The Morgan fingerprint density at radius 3 is 2.54 bits per heavy atom. The van der Waals surface area contributed by atoms with Crippen LogP contribution >= 0.6 is 0 Å². The molecule has 10 nitrogen and oxygen atoms in total. The van der Waals surface area contributed by atoms with Gasteiger partial charge in [-0.25, -0.2) is 13.2 Å². The van der Waals surface area contributed by atoms with E-state index in [9.17, 15) is 33.2 Å². The normalized spacial score (nSPS) is 21.2. The molecule has 2 unspecified atom stereocenters. The molecular weight excluding hydrogens is 368 g/mol. The first-order valence-electron chi connectivity index (χ1n) is 7.67. The maximum atomic E-state index is 13.0. The van der Waals surface area contributed by atoms with Crippen LogP contribution in [0.5, 0.6) is 0 Å². The third-order valence-corrected chi connectivity index (χ3v) is 6.06. The quantitative estimate of drug-likeness (QED) is 0.450. The van der Waals surface area contributed by atoms with Crippen molar-refractivity contribution in [2.45, 2.75) is 18.2 Å². The van der Waals surface area contributed by atoms with Crippen LogP contribution in [0.1, 0.15) is 23.7 Å². The highest BCUT2D eigenvalue weighted by atomic mass is 32.2. The molecule has 0 spiro atoms. The van der Waals surface area contributed by atoms with Crippen LogP contribution in [0.25, 0.3) is 0 Å². The predicted octanol–water partition coefficient (Wildman–Crippen LogP) is 1.11. The number of esters is 1. The lowest BCUT2D eigenvalue weighted by Crippen LogP contribution is -2.45. The maximum absolute atomic E-state index is 13.0. The van der Waals surface area contributed by atoms with Gasteiger partial charge in [0.05, 0.1) is 28.4 Å². The van der Waals surface area contributed by atoms with Crippen LogP contribution in [-0.2, 0) is 19.6 Å². The van der Waals surface area contributed by atoms with Crippen LogP contribution in [0.15, 0.2) is 23.1 Å². The average molecular weight is 386 g/mol. The lowest BCUT2D eigenvalue weighted by molar-refractivity contribution is -0.384. The van der Waals surface area contributed by atoms with E-state index in [1.54, 1.807) is 6.92 Å². The molecule has 0 radical (unpaired) electrons. The Morgan fingerprint density at radius 1 is 1.35 bits per heavy atom. The molecular formula is C15H18N2O8S. The molecule has 0 saturated carbocycles. The Morgan fingerprint density at radius 2 is 2.00 bits per heavy atom. The van der Waals surface area contributed by atoms with Gasteiger partial charge in [-0.1, -0.05) is 6.92 Å². The number of carbonyl (C=O) groups is 2. The first-order chi connectivity index (χ1) is 12.1. The van der Waals surface area contributed by atoms with E-state index in [2.05, 4.69) is 4.74 Å². The van der Waals surface area contributed by atoms with Gasteiger partial charge in [-0.05, 0) is 18.4 Å². The number of nitro groups is 1. The smallest absolute Gasteiger partial charge is 0.339 e. The monoisotopic (exact) mass is 386 g/mol. The van der Waals surface area contributed by atoms with E-state index in [-0.39, 0.29) is 19.0 Å². The molecule has 11 heteroatoms. The molecule has 1 fully saturated rings. The molecule has 2 rings (SSSR count). The predicted molar refractivity (Wildman–Crippen MR) is 88.1 cm³/mol. The van der Waals surface area contributed by atoms with Crippen molar-refractivity contribution < 1.29 is 32.8 Å². The van der Waals surface area contributed by atoms with E-state index < -0.39 is 48.9 Å². The third kappa shape index (κ3) is 3.83. The highest BCUT2D eigenvalue weighted by molar-refractivity contribution is 7.89. The number of carboxylic acid groups (broad SMARTS) is 1. The first kappa shape index (κ1) is 19.8. The molecule has 0 amide bonds. The maximum Gasteiger partial charge on any atom is 0.339 e. The molecule has 0 bridgehead atoms. The average Bonchev–Trinajstić information content (AvgIpc) is 2.59. The summed E-state index contributed by atoms with van der Waals surface area (Å²) in [6, 6.07) is 2.77. The van der Waals surface area contributed by atoms with Crippen molar-refractivity contribution in [1.82, 2.24) is 4.31 Å². The number of nitrogens with zero attached hydrogens (tertiary/aromatic N) is 2. The van der Waals surface area contributed by atoms with Gasteiger partial charge in [0.2, 0.25) is 10.0 Å². The Kier molecular flexibility index (Phi) is 5.62. The summed E-state index contributed by atoms with van der Waals surface area (Å²) in [6.07, 6.45) is 0.339. The highest BCUT2D eigenvalue weighted by Crippen LogP contribution is 2.30. The van der Waals surface area contributed by atoms with Gasteiger partial charge in [-0.15, -0.1) is 0 Å². The number of nitro benzene ring substituents is 1. The van der Waals surface area contributed by atoms with Crippen molar-refractivity contribution >= 4 is 27.6 Å². The van der Waals surface area contributed by atoms with Gasteiger partial charge in [0, 0.05) is 25.2 Å². The molecule has 1 aromatic rings. The molecule has 1 aliphatic rings. The Hall–Kier alpha value is -2.53. The van der Waals surface area contributed by atoms with Crippen molar-refractivity contribution in [2.24, 2.45) is 11.8 Å². The van der Waals surface area contributed by atoms with E-state index in [1.807, 2.05) is 0 Å². The van der Waals surface area contributed by atoms with Gasteiger partial charge < -0.3 is 9.84 Å². The Bertz CT molecular complexity index is 851. The van der Waals surface area contributed by atoms with Crippen LogP contribution in [0.3, 0.4) is 0 Å². The summed E-state index contributed by atoms with van der Waals surface area (Å²) >= 11 is 0. The van der Waals surface area contributed by atoms with Crippen molar-refractivity contribution in [1.29, 1.82) is 0 Å². The van der Waals surface area contributed by atoms with Gasteiger partial charge >= 0.3 is 11.9 Å². The van der Waals surface area contributed by atoms with Crippen molar-refractivity contribution in [2.75, 3.05) is 20.2 Å². The fraction of sp³-hybridized carbons (Fsp3) is 0.467. The minimum absolute atomic E-state index is 0.0870. The molecule has 0 aliphatic carbocycles. The number of rotatable bonds is 5. The second-order valence-corrected chi connectivity index (χ2v) is 8.03. The number of benzene rings is 1. The summed E-state index contributed by atoms with van der Waals surface area (Å²) in [4.78, 5) is 32.9. The zero-order valence-corrected chi connectivity index (χ0v) is 14.9. The number of ether oxygens (including phenoxy) is 1. The number of piperidine rings is 1. The van der Waals surface area contributed by atoms with Gasteiger partial charge in [0.1, 0.15) is 0 Å². The number of carboxylic acids is 1. The molecule has 1 aromatic carbocycles. The fourth-order valence-electron chi connectivity index (χ4n) is 2.94. The first-order valence-corrected chi connectivity index (χ1v) is 9.11. The van der Waals surface area contributed by atoms with Crippen LogP contribution < -0.4 is 0 Å². The fourth-order valence-corrected chi connectivity index (χ4v) is 4.71. The lowest BCUT2D eigenvalue weighted by Gasteiger charge is -2.34. The van der Waals surface area contributed by atoms with Gasteiger partial charge in [-0.2, -0.15) is 4.31 Å². The summed E-state index contributed by atoms with van der Waals surface area (Å²) < 4.78 is 31.5. The number of non-ortho nitro benzene ring substituents is 1. The van der Waals surface area contributed by atoms with Gasteiger partial charge in [0.25, 0.3) is 5.69 Å². The summed E-state index contributed by atoms with van der Waals surface area (Å²) in [7, 11) is -3.21. The lowest BCUT2D eigenvalue weighted by atomic mass is 9.92. The van der Waals surface area contributed by atoms with Crippen LogP contribution in [-0.4, -0.2) is 54.9 Å². The molecule has 142 valence electrons. The standard InChI is InChI=1S/C15H18N2O8S/c1-9-5-10(14(18)19)8-16(7-9)26(23,24)13-4-3-11(17(21)22)6-12(13)15(20)25-2/h3-4,6,9-10H,5,7-8H2,1-2H3,(H,18,19). The largest absolute Gasteiger partial charge is 0.481 e. The summed E-state index contributed by atoms with van der Waals surface area (Å²) in [6.45, 7) is 1.58. The molecule has 1 N–H and O–H groups in total. The second-order valence-electron chi connectivity index (χ2n) is 6.13. The van der Waals surface area contributed by atoms with Gasteiger partial charge in [-0.3, -0.25) is 14.9 Å². The second kappa shape index (κ2) is 7.38. The van der Waals surface area contributed by atoms with E-state index in [0.717, 1.165) is 29.6 Å². The molecule has 26 heavy (non-hydrogen) atoms. The number of sulfonamides is 1. The van der Waals surface area contributed by atoms with Crippen LogP contribution in [0.2, 0.25) is 0 Å². The van der Waals surface area contributed by atoms with E-state index in [4.69, 9.17) is 0 Å². The Labute approximate surface area is 149 Å².